The van der Waals surface area contributed by atoms with Gasteiger partial charge in [-0.25, -0.2) is 4.98 Å². The van der Waals surface area contributed by atoms with E-state index in [1.54, 1.807) is 0 Å². The topological polar surface area (TPSA) is 67.2 Å². The number of fused-ring (bicyclic) bond motifs is 1. The minimum absolute atomic E-state index is 0.00671. The molecule has 0 radical (unpaired) electrons. The number of rotatable bonds is 9. The highest BCUT2D eigenvalue weighted by Crippen LogP contribution is 2.21. The summed E-state index contributed by atoms with van der Waals surface area (Å²) >= 11 is 1.46. The fourth-order valence-electron chi connectivity index (χ4n) is 4.47. The number of aryl methyl sites for hydroxylation is 1. The standard InChI is InChI=1S/C25H32N4O2S/c1-19-10-6-8-16-28(19)24(30)18-29-21-12-5-4-11-20(21)27-23(29)14-3-2-7-15-26-25(31)22-13-9-17-32-22/h4-5,9,11-13,17,19H,2-3,6-8,10,14-16,18H2,1H3,(H,26,31). The first-order valence-corrected chi connectivity index (χ1v) is 12.6. The van der Waals surface area contributed by atoms with Crippen LogP contribution in [0.3, 0.4) is 0 Å². The Morgan fingerprint density at radius 3 is 2.81 bits per heavy atom. The van der Waals surface area contributed by atoms with Crippen LogP contribution in [0.4, 0.5) is 0 Å². The number of piperidine rings is 1. The predicted molar refractivity (Wildman–Crippen MR) is 129 cm³/mol. The molecule has 1 aliphatic rings. The number of aromatic nitrogens is 2. The van der Waals surface area contributed by atoms with Crippen LogP contribution in [-0.2, 0) is 17.8 Å². The highest BCUT2D eigenvalue weighted by Gasteiger charge is 2.24. The number of nitrogens with zero attached hydrogens (tertiary/aromatic N) is 3. The molecule has 3 heterocycles. The summed E-state index contributed by atoms with van der Waals surface area (Å²) in [4.78, 5) is 32.7. The molecule has 0 aliphatic carbocycles. The number of hydrogen-bond acceptors (Lipinski definition) is 4. The number of benzene rings is 1. The molecule has 1 aliphatic heterocycles. The minimum atomic E-state index is 0.00671. The molecule has 6 nitrogen and oxygen atoms in total. The van der Waals surface area contributed by atoms with Crippen molar-refractivity contribution >= 4 is 34.2 Å². The summed E-state index contributed by atoms with van der Waals surface area (Å²) < 4.78 is 2.11. The van der Waals surface area contributed by atoms with E-state index in [4.69, 9.17) is 4.98 Å². The maximum atomic E-state index is 13.1. The van der Waals surface area contributed by atoms with Gasteiger partial charge >= 0.3 is 0 Å². The molecule has 2 amide bonds. The van der Waals surface area contributed by atoms with Crippen molar-refractivity contribution in [3.63, 3.8) is 0 Å². The van der Waals surface area contributed by atoms with Crippen LogP contribution >= 0.6 is 11.3 Å². The molecule has 1 aromatic carbocycles. The number of unbranched alkanes of at least 4 members (excludes halogenated alkanes) is 2. The molecule has 170 valence electrons. The Labute approximate surface area is 193 Å². The fraction of sp³-hybridized carbons (Fsp3) is 0.480. The summed E-state index contributed by atoms with van der Waals surface area (Å²) in [7, 11) is 0. The zero-order valence-electron chi connectivity index (χ0n) is 18.8. The Hall–Kier alpha value is -2.67. The van der Waals surface area contributed by atoms with Gasteiger partial charge < -0.3 is 14.8 Å². The maximum absolute atomic E-state index is 13.1. The molecule has 32 heavy (non-hydrogen) atoms. The van der Waals surface area contributed by atoms with Crippen LogP contribution in [0.15, 0.2) is 41.8 Å². The van der Waals surface area contributed by atoms with Gasteiger partial charge in [-0.15, -0.1) is 11.3 Å². The molecular formula is C25H32N4O2S. The Bertz CT molecular complexity index is 1040. The molecule has 3 aromatic rings. The number of carbonyl (C=O) groups is 2. The van der Waals surface area contributed by atoms with Crippen molar-refractivity contribution < 1.29 is 9.59 Å². The van der Waals surface area contributed by atoms with E-state index in [-0.39, 0.29) is 11.8 Å². The van der Waals surface area contributed by atoms with Gasteiger partial charge in [-0.3, -0.25) is 9.59 Å². The van der Waals surface area contributed by atoms with E-state index in [9.17, 15) is 9.59 Å². The molecular weight excluding hydrogens is 420 g/mol. The third-order valence-electron chi connectivity index (χ3n) is 6.26. The van der Waals surface area contributed by atoms with E-state index in [1.165, 1.54) is 17.8 Å². The van der Waals surface area contributed by atoms with Crippen molar-refractivity contribution in [2.24, 2.45) is 0 Å². The quantitative estimate of drug-likeness (QED) is 0.481. The van der Waals surface area contributed by atoms with E-state index in [2.05, 4.69) is 22.9 Å². The molecule has 0 saturated carbocycles. The Balaban J connectivity index is 1.33. The summed E-state index contributed by atoms with van der Waals surface area (Å²) in [5.41, 5.74) is 1.98. The summed E-state index contributed by atoms with van der Waals surface area (Å²) in [6.45, 7) is 4.05. The van der Waals surface area contributed by atoms with Gasteiger partial charge in [0.05, 0.1) is 15.9 Å². The van der Waals surface area contributed by atoms with Crippen LogP contribution < -0.4 is 5.32 Å². The highest BCUT2D eigenvalue weighted by atomic mass is 32.1. The van der Waals surface area contributed by atoms with Crippen LogP contribution in [0.1, 0.15) is 60.9 Å². The first-order chi connectivity index (χ1) is 15.6. The average molecular weight is 453 g/mol. The second-order valence-electron chi connectivity index (χ2n) is 8.58. The average Bonchev–Trinajstić information content (AvgIpc) is 3.45. The first-order valence-electron chi connectivity index (χ1n) is 11.7. The number of amides is 2. The van der Waals surface area contributed by atoms with Gasteiger partial charge in [0.25, 0.3) is 5.91 Å². The lowest BCUT2D eigenvalue weighted by Gasteiger charge is -2.33. The summed E-state index contributed by atoms with van der Waals surface area (Å²) in [6.07, 6.45) is 7.14. The number of imidazole rings is 1. The lowest BCUT2D eigenvalue weighted by atomic mass is 10.0. The van der Waals surface area contributed by atoms with Crippen molar-refractivity contribution in [1.82, 2.24) is 19.8 Å². The van der Waals surface area contributed by atoms with E-state index in [0.29, 0.717) is 19.1 Å². The van der Waals surface area contributed by atoms with Crippen molar-refractivity contribution in [2.45, 2.75) is 64.5 Å². The zero-order valence-corrected chi connectivity index (χ0v) is 19.6. The third-order valence-corrected chi connectivity index (χ3v) is 7.13. The van der Waals surface area contributed by atoms with E-state index < -0.39 is 0 Å². The Morgan fingerprint density at radius 1 is 1.12 bits per heavy atom. The Morgan fingerprint density at radius 2 is 2.00 bits per heavy atom. The first kappa shape index (κ1) is 22.5. The molecule has 4 rings (SSSR count). The second kappa shape index (κ2) is 10.8. The molecule has 0 bridgehead atoms. The van der Waals surface area contributed by atoms with Crippen molar-refractivity contribution in [1.29, 1.82) is 0 Å². The van der Waals surface area contributed by atoms with Gasteiger partial charge in [0.1, 0.15) is 12.4 Å². The highest BCUT2D eigenvalue weighted by molar-refractivity contribution is 7.12. The molecule has 1 atom stereocenters. The van der Waals surface area contributed by atoms with Crippen LogP contribution in [-0.4, -0.2) is 45.4 Å². The maximum Gasteiger partial charge on any atom is 0.261 e. The normalized spacial score (nSPS) is 16.4. The molecule has 2 aromatic heterocycles. The smallest absolute Gasteiger partial charge is 0.261 e. The summed E-state index contributed by atoms with van der Waals surface area (Å²) in [5, 5.41) is 4.90. The van der Waals surface area contributed by atoms with E-state index in [1.807, 2.05) is 40.6 Å². The number of para-hydroxylation sites is 2. The number of likely N-dealkylation sites (tertiary alicyclic amines) is 1. The van der Waals surface area contributed by atoms with Crippen molar-refractivity contribution in [3.8, 4) is 0 Å². The molecule has 0 spiro atoms. The number of carbonyl (C=O) groups excluding carboxylic acids is 2. The van der Waals surface area contributed by atoms with Crippen molar-refractivity contribution in [2.75, 3.05) is 13.1 Å². The molecule has 1 N–H and O–H groups in total. The molecule has 1 fully saturated rings. The van der Waals surface area contributed by atoms with Crippen LogP contribution in [0.2, 0.25) is 0 Å². The fourth-order valence-corrected chi connectivity index (χ4v) is 5.11. The second-order valence-corrected chi connectivity index (χ2v) is 9.53. The lowest BCUT2D eigenvalue weighted by Crippen LogP contribution is -2.43. The van der Waals surface area contributed by atoms with E-state index >= 15 is 0 Å². The van der Waals surface area contributed by atoms with Crippen LogP contribution in [0.5, 0.6) is 0 Å². The number of hydrogen-bond donors (Lipinski definition) is 1. The van der Waals surface area contributed by atoms with Crippen molar-refractivity contribution in [3.05, 3.63) is 52.5 Å². The molecule has 7 heteroatoms. The number of nitrogens with one attached hydrogen (secondary N) is 1. The van der Waals surface area contributed by atoms with Crippen LogP contribution in [0, 0.1) is 0 Å². The van der Waals surface area contributed by atoms with Gasteiger partial charge in [-0.2, -0.15) is 0 Å². The summed E-state index contributed by atoms with van der Waals surface area (Å²) in [6, 6.07) is 12.1. The lowest BCUT2D eigenvalue weighted by molar-refractivity contribution is -0.135. The van der Waals surface area contributed by atoms with E-state index in [0.717, 1.165) is 66.8 Å². The van der Waals surface area contributed by atoms with Gasteiger partial charge in [-0.1, -0.05) is 24.6 Å². The van der Waals surface area contributed by atoms with Gasteiger partial charge in [-0.05, 0) is 62.6 Å². The van der Waals surface area contributed by atoms with Crippen LogP contribution in [0.25, 0.3) is 11.0 Å². The summed E-state index contributed by atoms with van der Waals surface area (Å²) in [5.74, 6) is 1.18. The third kappa shape index (κ3) is 5.38. The Kier molecular flexibility index (Phi) is 7.58. The van der Waals surface area contributed by atoms with Gasteiger partial charge in [0, 0.05) is 25.6 Å². The minimum Gasteiger partial charge on any atom is -0.351 e. The predicted octanol–water partition coefficient (Wildman–Crippen LogP) is 4.64. The molecule has 1 saturated heterocycles. The largest absolute Gasteiger partial charge is 0.351 e. The SMILES string of the molecule is CC1CCCCN1C(=O)Cn1c(CCCCCNC(=O)c2cccs2)nc2ccccc21. The zero-order chi connectivity index (χ0) is 22.3. The van der Waals surface area contributed by atoms with Gasteiger partial charge in [0.2, 0.25) is 5.91 Å². The number of thiophene rings is 1. The van der Waals surface area contributed by atoms with Gasteiger partial charge in [0.15, 0.2) is 0 Å². The monoisotopic (exact) mass is 452 g/mol. The molecule has 1 unspecified atom stereocenters.